The summed E-state index contributed by atoms with van der Waals surface area (Å²) >= 11 is 0. The molecule has 0 bridgehead atoms. The molecule has 0 fully saturated rings. The van der Waals surface area contributed by atoms with Crippen LogP contribution < -0.4 is 4.72 Å². The number of carboxylic acids is 1. The lowest BCUT2D eigenvalue weighted by Gasteiger charge is -2.15. The number of nitrogens with one attached hydrogen (secondary N) is 1. The van der Waals surface area contributed by atoms with Gasteiger partial charge in [-0.25, -0.2) is 17.9 Å². The number of aromatic nitrogens is 1. The predicted molar refractivity (Wildman–Crippen MR) is 71.6 cm³/mol. The first kappa shape index (κ1) is 15.7. The Hall–Kier alpha value is -1.34. The summed E-state index contributed by atoms with van der Waals surface area (Å²) in [6, 6.07) is 0.964. The number of hydrogen-bond donors (Lipinski definition) is 2. The topological polar surface area (TPSA) is 88.4 Å². The second-order valence-electron chi connectivity index (χ2n) is 5.13. The lowest BCUT2D eigenvalue weighted by Crippen LogP contribution is -2.33. The van der Waals surface area contributed by atoms with Crippen LogP contribution in [0.4, 0.5) is 0 Å². The highest BCUT2D eigenvalue weighted by Gasteiger charge is 2.22. The summed E-state index contributed by atoms with van der Waals surface area (Å²) in [6.07, 6.45) is 2.02. The van der Waals surface area contributed by atoms with Gasteiger partial charge in [0.05, 0.1) is 0 Å². The summed E-state index contributed by atoms with van der Waals surface area (Å²) in [7, 11) is -2.17. The second-order valence-corrected chi connectivity index (χ2v) is 6.84. The molecule has 0 saturated carbocycles. The van der Waals surface area contributed by atoms with Crippen molar-refractivity contribution in [2.24, 2.45) is 13.0 Å². The van der Waals surface area contributed by atoms with Gasteiger partial charge in [-0.05, 0) is 25.3 Å². The summed E-state index contributed by atoms with van der Waals surface area (Å²) in [4.78, 5) is 10.9. The molecule has 2 N–H and O–H groups in total. The largest absolute Gasteiger partial charge is 0.477 e. The Balaban J connectivity index is 2.95. The molecule has 1 heterocycles. The molecule has 0 saturated heterocycles. The third-order valence-corrected chi connectivity index (χ3v) is 4.25. The molecule has 1 atom stereocenters. The molecule has 1 unspecified atom stereocenters. The molecule has 0 aliphatic heterocycles. The third kappa shape index (κ3) is 4.07. The third-order valence-electron chi connectivity index (χ3n) is 2.69. The number of rotatable bonds is 6. The van der Waals surface area contributed by atoms with Crippen molar-refractivity contribution in [1.29, 1.82) is 0 Å². The predicted octanol–water partition coefficient (Wildman–Crippen LogP) is 1.44. The van der Waals surface area contributed by atoms with Crippen LogP contribution in [-0.4, -0.2) is 30.1 Å². The number of nitrogens with zero attached hydrogens (tertiary/aromatic N) is 1. The maximum absolute atomic E-state index is 12.1. The monoisotopic (exact) mass is 288 g/mol. The number of carboxylic acid groups (broad SMARTS) is 1. The first-order valence-corrected chi connectivity index (χ1v) is 7.53. The van der Waals surface area contributed by atoms with Crippen LogP contribution in [0.1, 0.15) is 37.7 Å². The van der Waals surface area contributed by atoms with Gasteiger partial charge in [-0.2, -0.15) is 0 Å². The first-order chi connectivity index (χ1) is 8.63. The van der Waals surface area contributed by atoms with E-state index in [9.17, 15) is 13.2 Å². The average molecular weight is 288 g/mol. The smallest absolute Gasteiger partial charge is 0.352 e. The molecule has 0 aromatic carbocycles. The Morgan fingerprint density at radius 1 is 1.42 bits per heavy atom. The highest BCUT2D eigenvalue weighted by atomic mass is 32.2. The first-order valence-electron chi connectivity index (χ1n) is 6.05. The van der Waals surface area contributed by atoms with Crippen molar-refractivity contribution in [3.63, 3.8) is 0 Å². The molecule has 1 aromatic rings. The standard InChI is InChI=1S/C12H20N2O4S/c1-8(2)5-9(3)13-19(17,18)10-6-11(12(15)16)14(4)7-10/h6-9,13H,5H2,1-4H3,(H,15,16). The summed E-state index contributed by atoms with van der Waals surface area (Å²) in [5.74, 6) is -0.776. The van der Waals surface area contributed by atoms with E-state index in [0.29, 0.717) is 5.92 Å². The minimum atomic E-state index is -3.67. The quantitative estimate of drug-likeness (QED) is 0.829. The summed E-state index contributed by atoms with van der Waals surface area (Å²) < 4.78 is 28.0. The molecule has 0 aliphatic carbocycles. The van der Waals surface area contributed by atoms with Crippen LogP contribution in [0.25, 0.3) is 0 Å². The van der Waals surface area contributed by atoms with Crippen LogP contribution in [-0.2, 0) is 17.1 Å². The Bertz CT molecular complexity index is 560. The van der Waals surface area contributed by atoms with Crippen LogP contribution in [0.2, 0.25) is 0 Å². The van der Waals surface area contributed by atoms with Crippen molar-refractivity contribution < 1.29 is 18.3 Å². The zero-order chi connectivity index (χ0) is 14.8. The van der Waals surface area contributed by atoms with Crippen LogP contribution in [0.3, 0.4) is 0 Å². The van der Waals surface area contributed by atoms with Gasteiger partial charge >= 0.3 is 5.97 Å². The molecule has 0 aliphatic rings. The normalized spacial score (nSPS) is 13.7. The van der Waals surface area contributed by atoms with Gasteiger partial charge in [0.25, 0.3) is 0 Å². The SMILES string of the molecule is CC(C)CC(C)NS(=O)(=O)c1cc(C(=O)O)n(C)c1. The Kier molecular flexibility index (Phi) is 4.75. The lowest BCUT2D eigenvalue weighted by atomic mass is 10.1. The molecular weight excluding hydrogens is 268 g/mol. The molecule has 0 spiro atoms. The number of hydrogen-bond acceptors (Lipinski definition) is 3. The zero-order valence-corrected chi connectivity index (χ0v) is 12.4. The lowest BCUT2D eigenvalue weighted by molar-refractivity contribution is 0.0686. The fourth-order valence-corrected chi connectivity index (χ4v) is 3.31. The molecule has 6 nitrogen and oxygen atoms in total. The van der Waals surface area contributed by atoms with E-state index in [1.807, 2.05) is 13.8 Å². The van der Waals surface area contributed by atoms with E-state index in [1.165, 1.54) is 17.8 Å². The maximum atomic E-state index is 12.1. The Morgan fingerprint density at radius 3 is 2.42 bits per heavy atom. The summed E-state index contributed by atoms with van der Waals surface area (Å²) in [5, 5.41) is 8.91. The van der Waals surface area contributed by atoms with Crippen molar-refractivity contribution in [2.75, 3.05) is 0 Å². The number of aromatic carboxylic acids is 1. The Morgan fingerprint density at radius 2 is 2.00 bits per heavy atom. The number of aryl methyl sites for hydroxylation is 1. The second kappa shape index (κ2) is 5.75. The molecule has 1 aromatic heterocycles. The van der Waals surface area contributed by atoms with Crippen molar-refractivity contribution in [3.8, 4) is 0 Å². The maximum Gasteiger partial charge on any atom is 0.352 e. The average Bonchev–Trinajstić information content (AvgIpc) is 2.58. The van der Waals surface area contributed by atoms with Gasteiger partial charge in [0.15, 0.2) is 0 Å². The van der Waals surface area contributed by atoms with Gasteiger partial charge in [0, 0.05) is 19.3 Å². The fourth-order valence-electron chi connectivity index (χ4n) is 1.98. The summed E-state index contributed by atoms with van der Waals surface area (Å²) in [6.45, 7) is 5.81. The molecule has 0 radical (unpaired) electrons. The molecule has 19 heavy (non-hydrogen) atoms. The van der Waals surface area contributed by atoms with Crippen molar-refractivity contribution in [3.05, 3.63) is 18.0 Å². The highest BCUT2D eigenvalue weighted by Crippen LogP contribution is 2.15. The summed E-state index contributed by atoms with van der Waals surface area (Å²) in [5.41, 5.74) is -0.0584. The van der Waals surface area contributed by atoms with Crippen molar-refractivity contribution in [1.82, 2.24) is 9.29 Å². The van der Waals surface area contributed by atoms with Gasteiger partial charge < -0.3 is 9.67 Å². The highest BCUT2D eigenvalue weighted by molar-refractivity contribution is 7.89. The molecule has 0 amide bonds. The molecule has 108 valence electrons. The zero-order valence-electron chi connectivity index (χ0n) is 11.5. The molecule has 7 heteroatoms. The van der Waals surface area contributed by atoms with E-state index >= 15 is 0 Å². The van der Waals surface area contributed by atoms with Crippen LogP contribution in [0.5, 0.6) is 0 Å². The fraction of sp³-hybridized carbons (Fsp3) is 0.583. The van der Waals surface area contributed by atoms with Crippen LogP contribution in [0.15, 0.2) is 17.2 Å². The minimum Gasteiger partial charge on any atom is -0.477 e. The van der Waals surface area contributed by atoms with Crippen LogP contribution in [0, 0.1) is 5.92 Å². The van der Waals surface area contributed by atoms with Gasteiger partial charge in [0.1, 0.15) is 10.6 Å². The molecular formula is C12H20N2O4S. The van der Waals surface area contributed by atoms with Crippen LogP contribution >= 0.6 is 0 Å². The van der Waals surface area contributed by atoms with E-state index in [1.54, 1.807) is 6.92 Å². The van der Waals surface area contributed by atoms with E-state index in [4.69, 9.17) is 5.11 Å². The minimum absolute atomic E-state index is 0.0250. The van der Waals surface area contributed by atoms with Crippen molar-refractivity contribution in [2.45, 2.75) is 38.1 Å². The van der Waals surface area contributed by atoms with Crippen molar-refractivity contribution >= 4 is 16.0 Å². The van der Waals surface area contributed by atoms with Gasteiger partial charge in [-0.1, -0.05) is 13.8 Å². The van der Waals surface area contributed by atoms with E-state index in [-0.39, 0.29) is 16.6 Å². The number of carbonyl (C=O) groups is 1. The van der Waals surface area contributed by atoms with E-state index < -0.39 is 16.0 Å². The van der Waals surface area contributed by atoms with Gasteiger partial charge in [0.2, 0.25) is 10.0 Å². The Labute approximate surface area is 113 Å². The van der Waals surface area contributed by atoms with Gasteiger partial charge in [-0.3, -0.25) is 0 Å². The van der Waals surface area contributed by atoms with Gasteiger partial charge in [-0.15, -0.1) is 0 Å². The van der Waals surface area contributed by atoms with E-state index in [2.05, 4.69) is 4.72 Å². The van der Waals surface area contributed by atoms with E-state index in [0.717, 1.165) is 12.5 Å². The molecule has 1 rings (SSSR count). The number of sulfonamides is 1.